The maximum absolute atomic E-state index is 13.9. The van der Waals surface area contributed by atoms with Gasteiger partial charge in [0.15, 0.2) is 5.78 Å². The van der Waals surface area contributed by atoms with Crippen LogP contribution in [0, 0.1) is 11.8 Å². The van der Waals surface area contributed by atoms with Crippen LogP contribution in [0.15, 0.2) is 115 Å². The number of nitrogens with zero attached hydrogens (tertiary/aromatic N) is 1. The second-order valence-corrected chi connectivity index (χ2v) is 12.6. The molecule has 45 heavy (non-hydrogen) atoms. The van der Waals surface area contributed by atoms with Crippen molar-refractivity contribution in [3.63, 3.8) is 0 Å². The van der Waals surface area contributed by atoms with Crippen molar-refractivity contribution in [2.75, 3.05) is 5.32 Å². The summed E-state index contributed by atoms with van der Waals surface area (Å²) in [7, 11) is 0. The number of benzene rings is 4. The van der Waals surface area contributed by atoms with Crippen LogP contribution in [-0.4, -0.2) is 21.4 Å². The molecule has 2 N–H and O–H groups in total. The van der Waals surface area contributed by atoms with Gasteiger partial charge in [0.1, 0.15) is 0 Å². The summed E-state index contributed by atoms with van der Waals surface area (Å²) in [6.07, 6.45) is 6.60. The van der Waals surface area contributed by atoms with E-state index in [1.165, 1.54) is 11.1 Å². The van der Waals surface area contributed by atoms with Gasteiger partial charge in [-0.25, -0.2) is 4.79 Å². The van der Waals surface area contributed by atoms with Crippen molar-refractivity contribution in [1.29, 1.82) is 0 Å². The summed E-state index contributed by atoms with van der Waals surface area (Å²) in [5.74, 6) is 0.106. The minimum atomic E-state index is -0.997. The fourth-order valence-corrected chi connectivity index (χ4v) is 5.91. The smallest absolute Gasteiger partial charge is 0.328 e. The molecule has 0 bridgehead atoms. The fourth-order valence-electron chi connectivity index (χ4n) is 5.91. The van der Waals surface area contributed by atoms with Gasteiger partial charge < -0.3 is 15.0 Å². The Morgan fingerprint density at radius 1 is 0.778 bits per heavy atom. The van der Waals surface area contributed by atoms with E-state index >= 15 is 0 Å². The van der Waals surface area contributed by atoms with Gasteiger partial charge in [-0.05, 0) is 65.1 Å². The van der Waals surface area contributed by atoms with Crippen molar-refractivity contribution in [2.24, 2.45) is 11.8 Å². The van der Waals surface area contributed by atoms with Crippen molar-refractivity contribution >= 4 is 28.3 Å². The molecular formula is C40H42N2O3. The summed E-state index contributed by atoms with van der Waals surface area (Å²) >= 11 is 0. The first-order valence-corrected chi connectivity index (χ1v) is 15.7. The minimum absolute atomic E-state index is 0.0801. The Bertz CT molecular complexity index is 1740. The molecule has 0 aliphatic carbocycles. The lowest BCUT2D eigenvalue weighted by Crippen LogP contribution is -2.13. The number of rotatable bonds is 13. The van der Waals surface area contributed by atoms with Crippen LogP contribution in [0.2, 0.25) is 0 Å². The number of allylic oxidation sites excluding steroid dienone is 1. The van der Waals surface area contributed by atoms with Crippen molar-refractivity contribution in [3.05, 3.63) is 149 Å². The van der Waals surface area contributed by atoms with Crippen LogP contribution >= 0.6 is 0 Å². The summed E-state index contributed by atoms with van der Waals surface area (Å²) in [5.41, 5.74) is 7.88. The molecule has 5 aromatic rings. The molecule has 4 aromatic carbocycles. The van der Waals surface area contributed by atoms with Gasteiger partial charge in [0.25, 0.3) is 0 Å². The molecule has 1 heterocycles. The maximum atomic E-state index is 13.9. The molecule has 5 rings (SSSR count). The van der Waals surface area contributed by atoms with Gasteiger partial charge in [-0.1, -0.05) is 113 Å². The van der Waals surface area contributed by atoms with Crippen LogP contribution in [0.3, 0.4) is 0 Å². The highest BCUT2D eigenvalue weighted by molar-refractivity contribution is 6.16. The molecule has 0 aliphatic heterocycles. The molecule has 0 fully saturated rings. The molecule has 0 saturated carbocycles. The lowest BCUT2D eigenvalue weighted by atomic mass is 9.93. The van der Waals surface area contributed by atoms with E-state index in [2.05, 4.69) is 81.5 Å². The van der Waals surface area contributed by atoms with Crippen molar-refractivity contribution in [2.45, 2.75) is 53.1 Å². The van der Waals surface area contributed by atoms with Gasteiger partial charge >= 0.3 is 5.97 Å². The number of carbonyl (C=O) groups excluding carboxylic acids is 1. The number of anilines is 1. The van der Waals surface area contributed by atoms with E-state index in [0.29, 0.717) is 29.5 Å². The molecule has 5 nitrogen and oxygen atoms in total. The highest BCUT2D eigenvalue weighted by atomic mass is 16.4. The molecule has 230 valence electrons. The number of carbonyl (C=O) groups is 2. The number of ketones is 1. The lowest BCUT2D eigenvalue weighted by Gasteiger charge is -2.22. The molecule has 5 heteroatoms. The largest absolute Gasteiger partial charge is 0.478 e. The number of aromatic nitrogens is 1. The quantitative estimate of drug-likeness (QED) is 0.105. The molecule has 0 atom stereocenters. The van der Waals surface area contributed by atoms with E-state index in [1.807, 2.05) is 59.3 Å². The van der Waals surface area contributed by atoms with E-state index < -0.39 is 5.97 Å². The van der Waals surface area contributed by atoms with Crippen molar-refractivity contribution < 1.29 is 14.7 Å². The first kappa shape index (κ1) is 31.5. The van der Waals surface area contributed by atoms with Gasteiger partial charge in [-0.3, -0.25) is 4.79 Å². The third-order valence-electron chi connectivity index (χ3n) is 7.95. The predicted molar refractivity (Wildman–Crippen MR) is 184 cm³/mol. The summed E-state index contributed by atoms with van der Waals surface area (Å²) in [6, 6.07) is 33.0. The van der Waals surface area contributed by atoms with E-state index in [1.54, 1.807) is 6.08 Å². The molecule has 0 aliphatic rings. The number of fused-ring (bicyclic) bond motifs is 1. The molecule has 0 amide bonds. The summed E-state index contributed by atoms with van der Waals surface area (Å²) in [6.45, 7) is 9.30. The average Bonchev–Trinajstić information content (AvgIpc) is 3.38. The van der Waals surface area contributed by atoms with E-state index in [4.69, 9.17) is 5.11 Å². The topological polar surface area (TPSA) is 71.3 Å². The summed E-state index contributed by atoms with van der Waals surface area (Å²) in [4.78, 5) is 24.9. The molecule has 0 radical (unpaired) electrons. The predicted octanol–water partition coefficient (Wildman–Crippen LogP) is 9.11. The van der Waals surface area contributed by atoms with Crippen LogP contribution in [0.5, 0.6) is 0 Å². The molecule has 1 aromatic heterocycles. The zero-order valence-electron chi connectivity index (χ0n) is 26.5. The maximum Gasteiger partial charge on any atom is 0.328 e. The van der Waals surface area contributed by atoms with Gasteiger partial charge in [0.05, 0.1) is 6.04 Å². The zero-order chi connectivity index (χ0) is 31.9. The third-order valence-corrected chi connectivity index (χ3v) is 7.95. The molecular weight excluding hydrogens is 556 g/mol. The average molecular weight is 599 g/mol. The Morgan fingerprint density at radius 3 is 1.96 bits per heavy atom. The number of nitrogens with one attached hydrogen (secondary N) is 1. The first-order chi connectivity index (χ1) is 21.7. The van der Waals surface area contributed by atoms with E-state index in [9.17, 15) is 9.59 Å². The Hall–Kier alpha value is -4.90. The van der Waals surface area contributed by atoms with Crippen LogP contribution in [0.25, 0.3) is 10.9 Å². The third kappa shape index (κ3) is 7.98. The lowest BCUT2D eigenvalue weighted by molar-refractivity contribution is -0.131. The second kappa shape index (κ2) is 14.3. The first-order valence-electron chi connectivity index (χ1n) is 15.7. The highest BCUT2D eigenvalue weighted by Gasteiger charge is 2.19. The zero-order valence-corrected chi connectivity index (χ0v) is 26.5. The van der Waals surface area contributed by atoms with E-state index in [0.717, 1.165) is 46.6 Å². The monoisotopic (exact) mass is 598 g/mol. The highest BCUT2D eigenvalue weighted by Crippen LogP contribution is 2.30. The standard InChI is InChI=1S/C40H42N2O3/c1-27(2)23-29-14-18-31(19-15-29)39(32-20-16-30(17-21-32)24-28(3)4)41-34-10-7-9-33(25-34)40(45)36-26-42(22-8-13-38(43)44)37-12-6-5-11-35(36)37/h5-21,25-28,39,41H,22-24H2,1-4H3,(H,43,44)/b13-8+. The van der Waals surface area contributed by atoms with Crippen LogP contribution in [0.1, 0.15) is 71.9 Å². The second-order valence-electron chi connectivity index (χ2n) is 12.6. The number of hydrogen-bond donors (Lipinski definition) is 2. The van der Waals surface area contributed by atoms with Crippen molar-refractivity contribution in [3.8, 4) is 0 Å². The molecule has 0 saturated heterocycles. The number of carboxylic acid groups (broad SMARTS) is 1. The number of carboxylic acids is 1. The fraction of sp³-hybridized carbons (Fsp3) is 0.250. The Kier molecular flexibility index (Phi) is 9.99. The normalized spacial score (nSPS) is 11.7. The van der Waals surface area contributed by atoms with Crippen LogP contribution in [-0.2, 0) is 24.2 Å². The molecule has 0 unspecified atom stereocenters. The van der Waals surface area contributed by atoms with Crippen LogP contribution < -0.4 is 5.32 Å². The molecule has 0 spiro atoms. The van der Waals surface area contributed by atoms with Gasteiger partial charge in [0.2, 0.25) is 0 Å². The van der Waals surface area contributed by atoms with Crippen molar-refractivity contribution in [1.82, 2.24) is 4.57 Å². The number of para-hydroxylation sites is 1. The van der Waals surface area contributed by atoms with Gasteiger partial charge in [-0.15, -0.1) is 0 Å². The van der Waals surface area contributed by atoms with Gasteiger partial charge in [0, 0.05) is 46.5 Å². The summed E-state index contributed by atoms with van der Waals surface area (Å²) < 4.78 is 1.91. The minimum Gasteiger partial charge on any atom is -0.478 e. The van der Waals surface area contributed by atoms with Crippen LogP contribution in [0.4, 0.5) is 5.69 Å². The van der Waals surface area contributed by atoms with Gasteiger partial charge in [-0.2, -0.15) is 0 Å². The van der Waals surface area contributed by atoms with E-state index in [-0.39, 0.29) is 11.8 Å². The Labute approximate surface area is 266 Å². The summed E-state index contributed by atoms with van der Waals surface area (Å²) in [5, 5.41) is 13.6. The number of aliphatic carboxylic acids is 1. The number of hydrogen-bond acceptors (Lipinski definition) is 3. The SMILES string of the molecule is CC(C)Cc1ccc(C(Nc2cccc(C(=O)c3cn(C/C=C/C(=O)O)c4ccccc34)c2)c2ccc(CC(C)C)cc2)cc1. The Balaban J connectivity index is 1.46. The Morgan fingerprint density at radius 2 is 1.38 bits per heavy atom.